The minimum absolute atomic E-state index is 0.0578. The number of methoxy groups -OCH3 is 1. The van der Waals surface area contributed by atoms with Crippen molar-refractivity contribution >= 4 is 11.6 Å². The van der Waals surface area contributed by atoms with E-state index in [9.17, 15) is 0 Å². The zero-order chi connectivity index (χ0) is 17.6. The highest BCUT2D eigenvalue weighted by atomic mass is 16.5. The molecule has 2 aromatic rings. The predicted molar refractivity (Wildman–Crippen MR) is 96.1 cm³/mol. The van der Waals surface area contributed by atoms with Crippen molar-refractivity contribution in [2.24, 2.45) is 10.4 Å². The second-order valence-electron chi connectivity index (χ2n) is 6.71. The standard InChI is InChI=1S/C17H28N6O/c1-6-18-16(19-11-13(24-5)17(2,3)4)20-12-15-22-21-14-9-7-8-10-23(14)15/h7-10,13H,6,11-12H2,1-5H3,(H2,18,19,20). The van der Waals surface area contributed by atoms with Gasteiger partial charge in [0.2, 0.25) is 0 Å². The summed E-state index contributed by atoms with van der Waals surface area (Å²) >= 11 is 0. The van der Waals surface area contributed by atoms with E-state index in [-0.39, 0.29) is 11.5 Å². The highest BCUT2D eigenvalue weighted by molar-refractivity contribution is 5.79. The number of hydrogen-bond acceptors (Lipinski definition) is 4. The maximum atomic E-state index is 5.58. The Morgan fingerprint density at radius 2 is 2.08 bits per heavy atom. The molecule has 7 heteroatoms. The molecule has 0 fully saturated rings. The molecule has 2 heterocycles. The van der Waals surface area contributed by atoms with E-state index < -0.39 is 0 Å². The Morgan fingerprint density at radius 1 is 1.29 bits per heavy atom. The van der Waals surface area contributed by atoms with Crippen molar-refractivity contribution in [3.63, 3.8) is 0 Å². The smallest absolute Gasteiger partial charge is 0.191 e. The number of nitrogens with one attached hydrogen (secondary N) is 2. The van der Waals surface area contributed by atoms with E-state index in [1.807, 2.05) is 35.7 Å². The fourth-order valence-corrected chi connectivity index (χ4v) is 2.42. The van der Waals surface area contributed by atoms with Crippen molar-refractivity contribution in [1.29, 1.82) is 0 Å². The number of aliphatic imine (C=N–C) groups is 1. The minimum Gasteiger partial charge on any atom is -0.379 e. The summed E-state index contributed by atoms with van der Waals surface area (Å²) in [4.78, 5) is 4.61. The monoisotopic (exact) mass is 332 g/mol. The molecule has 0 saturated heterocycles. The van der Waals surface area contributed by atoms with Crippen LogP contribution in [0.5, 0.6) is 0 Å². The molecular formula is C17H28N6O. The zero-order valence-corrected chi connectivity index (χ0v) is 15.2. The van der Waals surface area contributed by atoms with Crippen LogP contribution in [-0.2, 0) is 11.3 Å². The van der Waals surface area contributed by atoms with E-state index in [1.54, 1.807) is 7.11 Å². The van der Waals surface area contributed by atoms with Crippen LogP contribution in [0.1, 0.15) is 33.5 Å². The summed E-state index contributed by atoms with van der Waals surface area (Å²) in [5, 5.41) is 14.9. The normalized spacial score (nSPS) is 14.0. The second-order valence-corrected chi connectivity index (χ2v) is 6.71. The van der Waals surface area contributed by atoms with Gasteiger partial charge in [-0.3, -0.25) is 4.40 Å². The lowest BCUT2D eigenvalue weighted by atomic mass is 9.89. The molecule has 2 N–H and O–H groups in total. The number of rotatable bonds is 6. The third-order valence-electron chi connectivity index (χ3n) is 3.81. The lowest BCUT2D eigenvalue weighted by Crippen LogP contribution is -2.45. The second kappa shape index (κ2) is 8.10. The first-order valence-corrected chi connectivity index (χ1v) is 8.29. The third-order valence-corrected chi connectivity index (χ3v) is 3.81. The Bertz CT molecular complexity index is 673. The highest BCUT2D eigenvalue weighted by Gasteiger charge is 2.24. The van der Waals surface area contributed by atoms with Gasteiger partial charge in [-0.15, -0.1) is 10.2 Å². The van der Waals surface area contributed by atoms with E-state index in [1.165, 1.54) is 0 Å². The summed E-state index contributed by atoms with van der Waals surface area (Å²) in [6, 6.07) is 5.83. The Morgan fingerprint density at radius 3 is 2.75 bits per heavy atom. The van der Waals surface area contributed by atoms with Gasteiger partial charge in [-0.2, -0.15) is 0 Å². The van der Waals surface area contributed by atoms with E-state index in [0.717, 1.165) is 24.0 Å². The summed E-state index contributed by atoms with van der Waals surface area (Å²) < 4.78 is 7.52. The van der Waals surface area contributed by atoms with Crippen LogP contribution in [0.4, 0.5) is 0 Å². The first-order valence-electron chi connectivity index (χ1n) is 8.29. The molecule has 7 nitrogen and oxygen atoms in total. The molecule has 2 rings (SSSR count). The van der Waals surface area contributed by atoms with Crippen LogP contribution in [0.2, 0.25) is 0 Å². The number of nitrogens with zero attached hydrogens (tertiary/aromatic N) is 4. The van der Waals surface area contributed by atoms with Gasteiger partial charge in [-0.1, -0.05) is 26.8 Å². The number of guanidine groups is 1. The highest BCUT2D eigenvalue weighted by Crippen LogP contribution is 2.20. The van der Waals surface area contributed by atoms with Crippen molar-refractivity contribution in [2.75, 3.05) is 20.2 Å². The summed E-state index contributed by atoms with van der Waals surface area (Å²) in [6.07, 6.45) is 2.04. The topological polar surface area (TPSA) is 75.8 Å². The molecule has 0 saturated carbocycles. The van der Waals surface area contributed by atoms with Gasteiger partial charge >= 0.3 is 0 Å². The lowest BCUT2D eigenvalue weighted by Gasteiger charge is -2.30. The third kappa shape index (κ3) is 4.67. The van der Waals surface area contributed by atoms with Crippen molar-refractivity contribution in [2.45, 2.75) is 40.3 Å². The minimum atomic E-state index is 0.0578. The largest absolute Gasteiger partial charge is 0.379 e. The van der Waals surface area contributed by atoms with Crippen LogP contribution >= 0.6 is 0 Å². The molecular weight excluding hydrogens is 304 g/mol. The number of pyridine rings is 1. The molecule has 0 spiro atoms. The van der Waals surface area contributed by atoms with Crippen LogP contribution in [0, 0.1) is 5.41 Å². The van der Waals surface area contributed by atoms with Gasteiger partial charge in [0, 0.05) is 26.4 Å². The zero-order valence-electron chi connectivity index (χ0n) is 15.2. The van der Waals surface area contributed by atoms with Crippen LogP contribution in [0.3, 0.4) is 0 Å². The van der Waals surface area contributed by atoms with Gasteiger partial charge < -0.3 is 15.4 Å². The van der Waals surface area contributed by atoms with Gasteiger partial charge in [0.1, 0.15) is 6.54 Å². The molecule has 0 aliphatic rings. The van der Waals surface area contributed by atoms with Gasteiger partial charge in [0.25, 0.3) is 0 Å². The predicted octanol–water partition coefficient (Wildman–Crippen LogP) is 1.85. The number of aromatic nitrogens is 3. The molecule has 24 heavy (non-hydrogen) atoms. The molecule has 0 amide bonds. The van der Waals surface area contributed by atoms with E-state index in [4.69, 9.17) is 4.74 Å². The van der Waals surface area contributed by atoms with Crippen molar-refractivity contribution in [1.82, 2.24) is 25.2 Å². The van der Waals surface area contributed by atoms with Crippen molar-refractivity contribution in [3.8, 4) is 0 Å². The number of ether oxygens (including phenoxy) is 1. The molecule has 0 aliphatic heterocycles. The van der Waals surface area contributed by atoms with Crippen LogP contribution in [0.15, 0.2) is 29.4 Å². The molecule has 1 unspecified atom stereocenters. The SMILES string of the molecule is CCNC(=NCc1nnc2ccccn12)NCC(OC)C(C)(C)C. The van der Waals surface area contributed by atoms with Crippen molar-refractivity contribution in [3.05, 3.63) is 30.2 Å². The molecule has 1 atom stereocenters. The molecule has 0 bridgehead atoms. The number of hydrogen-bond donors (Lipinski definition) is 2. The average molecular weight is 332 g/mol. The van der Waals surface area contributed by atoms with Crippen LogP contribution < -0.4 is 10.6 Å². The molecule has 0 radical (unpaired) electrons. The average Bonchev–Trinajstić information content (AvgIpc) is 2.95. The fraction of sp³-hybridized carbons (Fsp3) is 0.588. The Kier molecular flexibility index (Phi) is 6.14. The lowest BCUT2D eigenvalue weighted by molar-refractivity contribution is 0.0205. The first-order chi connectivity index (χ1) is 11.5. The Balaban J connectivity index is 2.05. The number of fused-ring (bicyclic) bond motifs is 1. The quantitative estimate of drug-likeness (QED) is 0.624. The molecule has 0 aromatic carbocycles. The first kappa shape index (κ1) is 18.2. The van der Waals surface area contributed by atoms with Crippen LogP contribution in [-0.4, -0.2) is 46.9 Å². The van der Waals surface area contributed by atoms with Gasteiger partial charge in [0.15, 0.2) is 17.4 Å². The van der Waals surface area contributed by atoms with E-state index in [2.05, 4.69) is 46.6 Å². The molecule has 132 valence electrons. The van der Waals surface area contributed by atoms with Crippen LogP contribution in [0.25, 0.3) is 5.65 Å². The summed E-state index contributed by atoms with van der Waals surface area (Å²) in [5.74, 6) is 1.55. The Hall–Kier alpha value is -2.15. The fourth-order valence-electron chi connectivity index (χ4n) is 2.42. The van der Waals surface area contributed by atoms with Gasteiger partial charge in [0.05, 0.1) is 6.10 Å². The van der Waals surface area contributed by atoms with E-state index >= 15 is 0 Å². The maximum Gasteiger partial charge on any atom is 0.191 e. The van der Waals surface area contributed by atoms with Gasteiger partial charge in [-0.05, 0) is 24.5 Å². The Labute approximate surface area is 143 Å². The van der Waals surface area contributed by atoms with E-state index in [0.29, 0.717) is 13.1 Å². The summed E-state index contributed by atoms with van der Waals surface area (Å²) in [6.45, 7) is 10.5. The molecule has 0 aliphatic carbocycles. The van der Waals surface area contributed by atoms with Gasteiger partial charge in [-0.25, -0.2) is 4.99 Å². The summed E-state index contributed by atoms with van der Waals surface area (Å²) in [7, 11) is 1.74. The molecule has 2 aromatic heterocycles. The van der Waals surface area contributed by atoms with Crippen molar-refractivity contribution < 1.29 is 4.74 Å². The maximum absolute atomic E-state index is 5.58. The summed E-state index contributed by atoms with van der Waals surface area (Å²) in [5.41, 5.74) is 0.885.